The van der Waals surface area contributed by atoms with Crippen LogP contribution in [0.4, 0.5) is 5.82 Å². The van der Waals surface area contributed by atoms with Gasteiger partial charge in [-0.3, -0.25) is 4.79 Å². The van der Waals surface area contributed by atoms with E-state index in [1.54, 1.807) is 17.8 Å². The first-order valence-electron chi connectivity index (χ1n) is 11.6. The number of amides is 1. The number of carbonyl (C=O) groups excluding carboxylic acids is 1. The minimum atomic E-state index is -0.560. The van der Waals surface area contributed by atoms with Crippen molar-refractivity contribution in [1.29, 1.82) is 0 Å². The fourth-order valence-electron chi connectivity index (χ4n) is 4.21. The van der Waals surface area contributed by atoms with E-state index in [2.05, 4.69) is 26.2 Å². The molecule has 172 valence electrons. The summed E-state index contributed by atoms with van der Waals surface area (Å²) in [6.45, 7) is 1.47. The number of pyridine rings is 1. The van der Waals surface area contributed by atoms with Crippen molar-refractivity contribution in [2.75, 3.05) is 25.6 Å². The number of fused-ring (bicyclic) bond motifs is 2. The average Bonchev–Trinajstić information content (AvgIpc) is 3.40. The normalized spacial score (nSPS) is 17.9. The molecule has 2 aliphatic rings. The Labute approximate surface area is 192 Å². The molecule has 6 rings (SSSR count). The molecule has 2 fully saturated rings. The average molecular weight is 448 g/mol. The van der Waals surface area contributed by atoms with Gasteiger partial charge in [-0.1, -0.05) is 25.7 Å². The number of anilines is 1. The number of nitrogens with one attached hydrogen (secondary N) is 1. The van der Waals surface area contributed by atoms with Crippen molar-refractivity contribution < 1.29 is 9.53 Å². The fraction of sp³-hybridized carbons (Fsp3) is 0.417. The SMILES string of the molecule is C1CCC1.CNc1cc(-c2cn(C3CCCOC3)c3ncccc23)nc2c(C(N)=O)cnn12. The number of rotatable bonds is 4. The minimum absolute atomic E-state index is 0.235. The third kappa shape index (κ3) is 4.04. The predicted octanol–water partition coefficient (Wildman–Crippen LogP) is 3.80. The monoisotopic (exact) mass is 447 g/mol. The van der Waals surface area contributed by atoms with Crippen molar-refractivity contribution in [2.45, 2.75) is 44.6 Å². The minimum Gasteiger partial charge on any atom is -0.379 e. The summed E-state index contributed by atoms with van der Waals surface area (Å²) < 4.78 is 9.45. The number of carbonyl (C=O) groups is 1. The van der Waals surface area contributed by atoms with Crippen LogP contribution in [-0.2, 0) is 4.74 Å². The Kier molecular flexibility index (Phi) is 5.95. The molecule has 9 heteroatoms. The highest BCUT2D eigenvalue weighted by Crippen LogP contribution is 2.34. The topological polar surface area (TPSA) is 112 Å². The van der Waals surface area contributed by atoms with Crippen LogP contribution in [0, 0.1) is 0 Å². The fourth-order valence-corrected chi connectivity index (χ4v) is 4.21. The lowest BCUT2D eigenvalue weighted by molar-refractivity contribution is 0.0605. The number of hydrogen-bond acceptors (Lipinski definition) is 6. The highest BCUT2D eigenvalue weighted by Gasteiger charge is 2.22. The van der Waals surface area contributed by atoms with Gasteiger partial charge in [0.05, 0.1) is 24.5 Å². The van der Waals surface area contributed by atoms with E-state index in [1.807, 2.05) is 18.2 Å². The van der Waals surface area contributed by atoms with Gasteiger partial charge in [-0.05, 0) is 25.0 Å². The van der Waals surface area contributed by atoms with E-state index in [-0.39, 0.29) is 11.6 Å². The maximum absolute atomic E-state index is 11.8. The second kappa shape index (κ2) is 9.19. The van der Waals surface area contributed by atoms with E-state index in [4.69, 9.17) is 15.5 Å². The summed E-state index contributed by atoms with van der Waals surface area (Å²) >= 11 is 0. The van der Waals surface area contributed by atoms with E-state index in [0.29, 0.717) is 18.1 Å². The van der Waals surface area contributed by atoms with Gasteiger partial charge in [0.15, 0.2) is 5.65 Å². The summed E-state index contributed by atoms with van der Waals surface area (Å²) in [5.74, 6) is 0.151. The Morgan fingerprint density at radius 3 is 2.70 bits per heavy atom. The number of nitrogens with two attached hydrogens (primary N) is 1. The first-order valence-corrected chi connectivity index (χ1v) is 11.6. The van der Waals surface area contributed by atoms with Crippen LogP contribution in [0.15, 0.2) is 36.8 Å². The maximum atomic E-state index is 11.8. The van der Waals surface area contributed by atoms with Gasteiger partial charge in [-0.2, -0.15) is 9.61 Å². The Morgan fingerprint density at radius 2 is 2.03 bits per heavy atom. The summed E-state index contributed by atoms with van der Waals surface area (Å²) in [5.41, 5.74) is 8.78. The molecule has 4 aromatic rings. The molecular weight excluding hydrogens is 418 g/mol. The van der Waals surface area contributed by atoms with Crippen molar-refractivity contribution in [2.24, 2.45) is 5.73 Å². The zero-order chi connectivity index (χ0) is 22.8. The van der Waals surface area contributed by atoms with Gasteiger partial charge in [0.1, 0.15) is 17.0 Å². The summed E-state index contributed by atoms with van der Waals surface area (Å²) in [6.07, 6.45) is 13.4. The molecule has 1 saturated heterocycles. The molecule has 33 heavy (non-hydrogen) atoms. The molecule has 0 bridgehead atoms. The smallest absolute Gasteiger partial charge is 0.254 e. The molecule has 1 aliphatic heterocycles. The third-order valence-electron chi connectivity index (χ3n) is 6.39. The van der Waals surface area contributed by atoms with E-state index in [1.165, 1.54) is 31.9 Å². The molecule has 3 N–H and O–H groups in total. The Bertz CT molecular complexity index is 1280. The van der Waals surface area contributed by atoms with Crippen LogP contribution in [0.5, 0.6) is 0 Å². The highest BCUT2D eigenvalue weighted by molar-refractivity contribution is 6.00. The van der Waals surface area contributed by atoms with E-state index in [9.17, 15) is 4.79 Å². The van der Waals surface area contributed by atoms with Gasteiger partial charge >= 0.3 is 0 Å². The molecule has 0 aromatic carbocycles. The summed E-state index contributed by atoms with van der Waals surface area (Å²) in [5, 5.41) is 8.36. The second-order valence-corrected chi connectivity index (χ2v) is 8.54. The summed E-state index contributed by atoms with van der Waals surface area (Å²) in [4.78, 5) is 21.2. The molecule has 1 amide bonds. The Hall–Kier alpha value is -3.46. The number of aromatic nitrogens is 5. The molecule has 1 aliphatic carbocycles. The lowest BCUT2D eigenvalue weighted by Crippen LogP contribution is -2.20. The van der Waals surface area contributed by atoms with Crippen LogP contribution in [0.25, 0.3) is 27.9 Å². The van der Waals surface area contributed by atoms with Gasteiger partial charge in [0.25, 0.3) is 5.91 Å². The number of primary amides is 1. The van der Waals surface area contributed by atoms with Crippen molar-refractivity contribution in [3.05, 3.63) is 42.4 Å². The molecule has 5 heterocycles. The van der Waals surface area contributed by atoms with E-state index >= 15 is 0 Å². The van der Waals surface area contributed by atoms with Crippen molar-refractivity contribution in [3.63, 3.8) is 0 Å². The van der Waals surface area contributed by atoms with Crippen molar-refractivity contribution >= 4 is 28.4 Å². The van der Waals surface area contributed by atoms with Crippen molar-refractivity contribution in [3.8, 4) is 11.3 Å². The quantitative estimate of drug-likeness (QED) is 0.492. The van der Waals surface area contributed by atoms with Crippen LogP contribution < -0.4 is 11.1 Å². The van der Waals surface area contributed by atoms with E-state index in [0.717, 1.165) is 41.7 Å². The van der Waals surface area contributed by atoms with Crippen LogP contribution >= 0.6 is 0 Å². The lowest BCUT2D eigenvalue weighted by Gasteiger charge is -2.24. The Morgan fingerprint density at radius 1 is 1.21 bits per heavy atom. The van der Waals surface area contributed by atoms with Gasteiger partial charge in [-0.15, -0.1) is 0 Å². The zero-order valence-corrected chi connectivity index (χ0v) is 18.8. The van der Waals surface area contributed by atoms with Gasteiger partial charge in [0.2, 0.25) is 0 Å². The summed E-state index contributed by atoms with van der Waals surface area (Å²) in [7, 11) is 1.80. The first-order chi connectivity index (χ1) is 16.2. The van der Waals surface area contributed by atoms with Gasteiger partial charge in [-0.25, -0.2) is 9.97 Å². The van der Waals surface area contributed by atoms with Gasteiger partial charge in [0, 0.05) is 43.1 Å². The lowest BCUT2D eigenvalue weighted by atomic mass is 10.0. The van der Waals surface area contributed by atoms with Crippen LogP contribution in [-0.4, -0.2) is 50.3 Å². The maximum Gasteiger partial charge on any atom is 0.254 e. The highest BCUT2D eigenvalue weighted by atomic mass is 16.5. The van der Waals surface area contributed by atoms with Gasteiger partial charge < -0.3 is 20.4 Å². The van der Waals surface area contributed by atoms with Crippen LogP contribution in [0.3, 0.4) is 0 Å². The number of hydrogen-bond donors (Lipinski definition) is 2. The van der Waals surface area contributed by atoms with Crippen LogP contribution in [0.1, 0.15) is 54.9 Å². The number of nitrogens with zero attached hydrogens (tertiary/aromatic N) is 5. The molecule has 1 atom stereocenters. The molecule has 9 nitrogen and oxygen atoms in total. The van der Waals surface area contributed by atoms with Crippen LogP contribution in [0.2, 0.25) is 0 Å². The largest absolute Gasteiger partial charge is 0.379 e. The third-order valence-corrected chi connectivity index (χ3v) is 6.39. The molecule has 1 saturated carbocycles. The van der Waals surface area contributed by atoms with Crippen molar-refractivity contribution in [1.82, 2.24) is 24.1 Å². The molecule has 0 spiro atoms. The second-order valence-electron chi connectivity index (χ2n) is 8.54. The summed E-state index contributed by atoms with van der Waals surface area (Å²) in [6, 6.07) is 6.10. The zero-order valence-electron chi connectivity index (χ0n) is 18.8. The van der Waals surface area contributed by atoms with E-state index < -0.39 is 5.91 Å². The molecular formula is C24H29N7O2. The molecule has 1 unspecified atom stereocenters. The molecule has 0 radical (unpaired) electrons. The first kappa shape index (κ1) is 21.4. The number of ether oxygens (including phenoxy) is 1. The predicted molar refractivity (Wildman–Crippen MR) is 127 cm³/mol. The molecule has 4 aromatic heterocycles. The Balaban J connectivity index is 0.000000517. The standard InChI is InChI=1S/C20H21N7O2.C4H8/c1-22-17-8-16(25-20-14(18(21)28)9-24-27(17)20)15-10-26(12-4-3-7-29-11-12)19-13(15)5-2-6-23-19;1-2-4-3-1/h2,5-6,8-10,12,22H,3-4,7,11H2,1H3,(H2,21,28);1-4H2.